The predicted molar refractivity (Wildman–Crippen MR) is 64.2 cm³/mol. The lowest BCUT2D eigenvalue weighted by Gasteiger charge is -2.24. The first-order valence-electron chi connectivity index (χ1n) is 6.00. The molecule has 0 spiro atoms. The Hall–Kier alpha value is -1.37. The molecule has 0 radical (unpaired) electrons. The van der Waals surface area contributed by atoms with Gasteiger partial charge >= 0.3 is 0 Å². The summed E-state index contributed by atoms with van der Waals surface area (Å²) in [5, 5.41) is 0. The topological polar surface area (TPSA) is 17.1 Å². The van der Waals surface area contributed by atoms with Gasteiger partial charge in [0.25, 0.3) is 0 Å². The molecule has 82 valence electrons. The van der Waals surface area contributed by atoms with Crippen LogP contribution >= 0.6 is 0 Å². The lowest BCUT2D eigenvalue weighted by Crippen LogP contribution is -2.18. The number of hydrogen-bond acceptors (Lipinski definition) is 1. The molecule has 1 heteroatoms. The van der Waals surface area contributed by atoms with Crippen LogP contribution in [0.15, 0.2) is 36.4 Å². The Bertz CT molecular complexity index is 429. The van der Waals surface area contributed by atoms with Gasteiger partial charge in [-0.3, -0.25) is 0 Å². The number of hydrogen-bond donors (Lipinski definition) is 0. The van der Waals surface area contributed by atoms with Crippen molar-refractivity contribution in [2.45, 2.75) is 19.3 Å². The largest absolute Gasteiger partial charge is 0.303 e. The van der Waals surface area contributed by atoms with E-state index in [4.69, 9.17) is 0 Å². The molecule has 0 unspecified atom stereocenters. The summed E-state index contributed by atoms with van der Waals surface area (Å²) in [5.41, 5.74) is 2.62. The second-order valence-corrected chi connectivity index (χ2v) is 5.10. The van der Waals surface area contributed by atoms with Crippen molar-refractivity contribution in [1.82, 2.24) is 0 Å². The first-order valence-corrected chi connectivity index (χ1v) is 6.00. The first-order chi connectivity index (χ1) is 7.79. The van der Waals surface area contributed by atoms with E-state index in [0.717, 1.165) is 0 Å². The summed E-state index contributed by atoms with van der Waals surface area (Å²) in [6.45, 7) is 2.10. The van der Waals surface area contributed by atoms with Gasteiger partial charge < -0.3 is 4.79 Å². The van der Waals surface area contributed by atoms with Crippen molar-refractivity contribution in [3.05, 3.63) is 47.5 Å². The van der Waals surface area contributed by atoms with E-state index in [0.29, 0.717) is 17.8 Å². The third-order valence-electron chi connectivity index (χ3n) is 4.14. The highest BCUT2D eigenvalue weighted by atomic mass is 16.1. The van der Waals surface area contributed by atoms with Crippen molar-refractivity contribution < 1.29 is 4.79 Å². The number of carbonyl (C=O) groups is 1. The Labute approximate surface area is 96.2 Å². The fourth-order valence-electron chi connectivity index (χ4n) is 3.30. The van der Waals surface area contributed by atoms with Gasteiger partial charge in [0.1, 0.15) is 6.29 Å². The van der Waals surface area contributed by atoms with Gasteiger partial charge in [0, 0.05) is 11.8 Å². The number of aryl methyl sites for hydroxylation is 1. The monoisotopic (exact) mass is 212 g/mol. The van der Waals surface area contributed by atoms with Gasteiger partial charge in [-0.15, -0.1) is 0 Å². The van der Waals surface area contributed by atoms with Crippen molar-refractivity contribution in [2.24, 2.45) is 17.8 Å². The molecule has 1 aromatic carbocycles. The number of aldehydes is 1. The highest BCUT2D eigenvalue weighted by molar-refractivity contribution is 5.60. The molecule has 1 saturated carbocycles. The van der Waals surface area contributed by atoms with Crippen LogP contribution in [0.2, 0.25) is 0 Å². The third kappa shape index (κ3) is 1.35. The molecule has 2 aliphatic rings. The molecular formula is C15H16O. The maximum atomic E-state index is 11.2. The van der Waals surface area contributed by atoms with E-state index in [9.17, 15) is 4.79 Å². The summed E-state index contributed by atoms with van der Waals surface area (Å²) < 4.78 is 0. The van der Waals surface area contributed by atoms with Gasteiger partial charge in [-0.2, -0.15) is 0 Å². The molecule has 3 rings (SSSR count). The number of allylic oxidation sites excluding steroid dienone is 2. The zero-order valence-electron chi connectivity index (χ0n) is 9.47. The van der Waals surface area contributed by atoms with Crippen LogP contribution in [-0.2, 0) is 4.79 Å². The smallest absolute Gasteiger partial charge is 0.124 e. The van der Waals surface area contributed by atoms with Crippen molar-refractivity contribution >= 4 is 6.29 Å². The van der Waals surface area contributed by atoms with Crippen LogP contribution in [0.5, 0.6) is 0 Å². The SMILES string of the molecule is Cc1ccc([C@@H]2[C@@H](C=O)[C@@H]3C=C[C@H]2C3)cc1. The summed E-state index contributed by atoms with van der Waals surface area (Å²) in [5.74, 6) is 1.71. The van der Waals surface area contributed by atoms with Gasteiger partial charge in [-0.25, -0.2) is 0 Å². The Morgan fingerprint density at radius 2 is 1.81 bits per heavy atom. The van der Waals surface area contributed by atoms with Crippen LogP contribution in [0, 0.1) is 24.7 Å². The predicted octanol–water partition coefficient (Wildman–Crippen LogP) is 3.10. The minimum Gasteiger partial charge on any atom is -0.303 e. The van der Waals surface area contributed by atoms with Crippen molar-refractivity contribution in [1.29, 1.82) is 0 Å². The summed E-state index contributed by atoms with van der Waals surface area (Å²) in [6, 6.07) is 8.66. The minimum atomic E-state index is 0.206. The molecular weight excluding hydrogens is 196 g/mol. The first kappa shape index (κ1) is 9.83. The second-order valence-electron chi connectivity index (χ2n) is 5.10. The normalized spacial score (nSPS) is 35.6. The summed E-state index contributed by atoms with van der Waals surface area (Å²) >= 11 is 0. The highest BCUT2D eigenvalue weighted by Crippen LogP contribution is 2.51. The van der Waals surface area contributed by atoms with Crippen LogP contribution in [0.1, 0.15) is 23.5 Å². The third-order valence-corrected chi connectivity index (χ3v) is 4.14. The number of benzene rings is 1. The summed E-state index contributed by atoms with van der Waals surface area (Å²) in [4.78, 5) is 11.2. The molecule has 2 bridgehead atoms. The zero-order chi connectivity index (χ0) is 11.1. The Balaban J connectivity index is 1.97. The van der Waals surface area contributed by atoms with E-state index in [1.807, 2.05) is 0 Å². The molecule has 0 aliphatic heterocycles. The molecule has 0 amide bonds. The van der Waals surface area contributed by atoms with Crippen molar-refractivity contribution in [3.63, 3.8) is 0 Å². The van der Waals surface area contributed by atoms with Gasteiger partial charge in [0.05, 0.1) is 0 Å². The molecule has 4 atom stereocenters. The van der Waals surface area contributed by atoms with Gasteiger partial charge in [-0.05, 0) is 30.7 Å². The Morgan fingerprint density at radius 1 is 1.12 bits per heavy atom. The van der Waals surface area contributed by atoms with Crippen molar-refractivity contribution in [3.8, 4) is 0 Å². The highest BCUT2D eigenvalue weighted by Gasteiger charge is 2.44. The molecule has 1 aromatic rings. The second kappa shape index (κ2) is 3.58. The van der Waals surface area contributed by atoms with Crippen LogP contribution in [-0.4, -0.2) is 6.29 Å². The van der Waals surface area contributed by atoms with Crippen LogP contribution < -0.4 is 0 Å². The van der Waals surface area contributed by atoms with E-state index in [1.54, 1.807) is 0 Å². The van der Waals surface area contributed by atoms with E-state index >= 15 is 0 Å². The lowest BCUT2D eigenvalue weighted by atomic mass is 9.79. The molecule has 0 N–H and O–H groups in total. The molecule has 16 heavy (non-hydrogen) atoms. The molecule has 0 saturated heterocycles. The molecule has 0 aromatic heterocycles. The lowest BCUT2D eigenvalue weighted by molar-refractivity contribution is -0.112. The van der Waals surface area contributed by atoms with E-state index in [1.165, 1.54) is 23.8 Å². The number of rotatable bonds is 2. The molecule has 2 aliphatic carbocycles. The zero-order valence-corrected chi connectivity index (χ0v) is 9.47. The van der Waals surface area contributed by atoms with Crippen LogP contribution in [0.3, 0.4) is 0 Å². The molecule has 1 nitrogen and oxygen atoms in total. The standard InChI is InChI=1S/C15H16O/c1-10-2-4-11(5-3-10)15-13-7-6-12(8-13)14(15)9-16/h2-7,9,12-15H,8H2,1H3/t12-,13+,14+,15+/m1/s1. The summed E-state index contributed by atoms with van der Waals surface area (Å²) in [7, 11) is 0. The minimum absolute atomic E-state index is 0.206. The number of carbonyl (C=O) groups excluding carboxylic acids is 1. The van der Waals surface area contributed by atoms with Gasteiger partial charge in [-0.1, -0.05) is 42.0 Å². The Kier molecular flexibility index (Phi) is 2.20. The maximum Gasteiger partial charge on any atom is 0.124 e. The molecule has 1 fully saturated rings. The van der Waals surface area contributed by atoms with Crippen LogP contribution in [0.4, 0.5) is 0 Å². The van der Waals surface area contributed by atoms with E-state index < -0.39 is 0 Å². The fourth-order valence-corrected chi connectivity index (χ4v) is 3.30. The van der Waals surface area contributed by atoms with Gasteiger partial charge in [0.2, 0.25) is 0 Å². The van der Waals surface area contributed by atoms with Gasteiger partial charge in [0.15, 0.2) is 0 Å². The quantitative estimate of drug-likeness (QED) is 0.544. The number of fused-ring (bicyclic) bond motifs is 2. The average Bonchev–Trinajstić information content (AvgIpc) is 2.89. The van der Waals surface area contributed by atoms with Crippen molar-refractivity contribution in [2.75, 3.05) is 0 Å². The average molecular weight is 212 g/mol. The Morgan fingerprint density at radius 3 is 2.50 bits per heavy atom. The fraction of sp³-hybridized carbons (Fsp3) is 0.400. The van der Waals surface area contributed by atoms with E-state index in [-0.39, 0.29) is 5.92 Å². The maximum absolute atomic E-state index is 11.2. The van der Waals surface area contributed by atoms with E-state index in [2.05, 4.69) is 43.3 Å². The molecule has 0 heterocycles. The van der Waals surface area contributed by atoms with Crippen LogP contribution in [0.25, 0.3) is 0 Å². The summed E-state index contributed by atoms with van der Waals surface area (Å²) in [6.07, 6.45) is 6.87.